The Hall–Kier alpha value is -1.89. The summed E-state index contributed by atoms with van der Waals surface area (Å²) in [5, 5.41) is 8.76. The average molecular weight is 351 g/mol. The van der Waals surface area contributed by atoms with E-state index in [9.17, 15) is 18.0 Å². The number of hydrogen-bond donors (Lipinski definition) is 0. The monoisotopic (exact) mass is 351 g/mol. The van der Waals surface area contributed by atoms with Crippen molar-refractivity contribution in [3.8, 4) is 6.07 Å². The van der Waals surface area contributed by atoms with Crippen molar-refractivity contribution in [2.24, 2.45) is 0 Å². The van der Waals surface area contributed by atoms with Crippen LogP contribution in [0.25, 0.3) is 0 Å². The Morgan fingerprint density at radius 3 is 2.65 bits per heavy atom. The summed E-state index contributed by atoms with van der Waals surface area (Å²) in [6, 6.07) is 7.44. The normalized spacial score (nSPS) is 22.6. The lowest BCUT2D eigenvalue weighted by Gasteiger charge is -2.22. The largest absolute Gasteiger partial charge is 0.289 e. The Bertz CT molecular complexity index is 800. The maximum absolute atomic E-state index is 12.7. The number of hydrogen-bond acceptors (Lipinski definition) is 6. The summed E-state index contributed by atoms with van der Waals surface area (Å²) in [5.74, 6) is -0.166. The van der Waals surface area contributed by atoms with Crippen molar-refractivity contribution < 1.29 is 18.0 Å². The molecule has 0 bridgehead atoms. The average Bonchev–Trinajstić information content (AvgIpc) is 3.14. The molecular formula is C14H13N3O4S2. The molecule has 0 spiro atoms. The highest BCUT2D eigenvalue weighted by Gasteiger charge is 2.42. The van der Waals surface area contributed by atoms with Gasteiger partial charge in [-0.05, 0) is 18.6 Å². The van der Waals surface area contributed by atoms with Crippen LogP contribution in [0.2, 0.25) is 0 Å². The second-order valence-corrected chi connectivity index (χ2v) is 8.06. The van der Waals surface area contributed by atoms with Gasteiger partial charge in [-0.2, -0.15) is 9.57 Å². The van der Waals surface area contributed by atoms with Gasteiger partial charge >= 0.3 is 0 Å². The van der Waals surface area contributed by atoms with Crippen LogP contribution in [0.4, 0.5) is 4.79 Å². The standard InChI is InChI=1S/C14H13N3O4S2/c15-7-10-3-1-2-4-12(10)23(20,21)16-6-5-11(8-16)17-13(18)9-22-14(17)19/h1-4,11H,5-6,8-9H2. The maximum atomic E-state index is 12.7. The van der Waals surface area contributed by atoms with E-state index in [-0.39, 0.29) is 40.4 Å². The third-order valence-electron chi connectivity index (χ3n) is 3.90. The van der Waals surface area contributed by atoms with Crippen molar-refractivity contribution in [2.45, 2.75) is 17.4 Å². The number of sulfonamides is 1. The Balaban J connectivity index is 1.85. The first-order valence-corrected chi connectivity index (χ1v) is 9.36. The van der Waals surface area contributed by atoms with Gasteiger partial charge in [0.15, 0.2) is 0 Å². The molecule has 0 aromatic heterocycles. The van der Waals surface area contributed by atoms with Gasteiger partial charge < -0.3 is 0 Å². The maximum Gasteiger partial charge on any atom is 0.289 e. The molecule has 0 radical (unpaired) electrons. The highest BCUT2D eigenvalue weighted by atomic mass is 32.2. The number of carbonyl (C=O) groups is 2. The van der Waals surface area contributed by atoms with E-state index in [4.69, 9.17) is 5.26 Å². The molecule has 23 heavy (non-hydrogen) atoms. The Morgan fingerprint density at radius 2 is 2.00 bits per heavy atom. The zero-order valence-corrected chi connectivity index (χ0v) is 13.6. The van der Waals surface area contributed by atoms with Crippen molar-refractivity contribution in [1.29, 1.82) is 5.26 Å². The number of carbonyl (C=O) groups excluding carboxylic acids is 2. The Kier molecular flexibility index (Phi) is 4.14. The van der Waals surface area contributed by atoms with E-state index >= 15 is 0 Å². The lowest BCUT2D eigenvalue weighted by molar-refractivity contribution is -0.126. The van der Waals surface area contributed by atoms with Crippen molar-refractivity contribution in [3.63, 3.8) is 0 Å². The van der Waals surface area contributed by atoms with Crippen molar-refractivity contribution in [3.05, 3.63) is 29.8 Å². The van der Waals surface area contributed by atoms with Gasteiger partial charge in [0.1, 0.15) is 6.07 Å². The van der Waals surface area contributed by atoms with Crippen LogP contribution in [0.5, 0.6) is 0 Å². The fourth-order valence-electron chi connectivity index (χ4n) is 2.78. The SMILES string of the molecule is N#Cc1ccccc1S(=O)(=O)N1CCC(N2C(=O)CSC2=O)C1. The van der Waals surface area contributed by atoms with Gasteiger partial charge in [-0.3, -0.25) is 14.5 Å². The molecule has 2 fully saturated rings. The first-order valence-electron chi connectivity index (χ1n) is 6.93. The smallest absolute Gasteiger partial charge is 0.273 e. The van der Waals surface area contributed by atoms with E-state index in [1.807, 2.05) is 6.07 Å². The fraction of sp³-hybridized carbons (Fsp3) is 0.357. The van der Waals surface area contributed by atoms with E-state index in [2.05, 4.69) is 0 Å². The number of thioether (sulfide) groups is 1. The van der Waals surface area contributed by atoms with Crippen LogP contribution in [0.3, 0.4) is 0 Å². The minimum absolute atomic E-state index is 0.0448. The second kappa shape index (κ2) is 5.96. The van der Waals surface area contributed by atoms with Crippen LogP contribution >= 0.6 is 11.8 Å². The summed E-state index contributed by atoms with van der Waals surface area (Å²) in [4.78, 5) is 24.6. The number of nitriles is 1. The molecule has 2 aliphatic heterocycles. The zero-order chi connectivity index (χ0) is 16.6. The van der Waals surface area contributed by atoms with Gasteiger partial charge in [-0.1, -0.05) is 23.9 Å². The highest BCUT2D eigenvalue weighted by Crippen LogP contribution is 2.29. The minimum Gasteiger partial charge on any atom is -0.273 e. The summed E-state index contributed by atoms with van der Waals surface area (Å²) in [7, 11) is -3.82. The molecule has 2 amide bonds. The molecule has 7 nitrogen and oxygen atoms in total. The first-order chi connectivity index (χ1) is 10.9. The molecule has 0 N–H and O–H groups in total. The highest BCUT2D eigenvalue weighted by molar-refractivity contribution is 8.14. The van der Waals surface area contributed by atoms with Crippen molar-refractivity contribution in [1.82, 2.24) is 9.21 Å². The minimum atomic E-state index is -3.82. The molecule has 0 saturated carbocycles. The van der Waals surface area contributed by atoms with E-state index in [0.29, 0.717) is 6.42 Å². The van der Waals surface area contributed by atoms with Crippen LogP contribution in [0.15, 0.2) is 29.2 Å². The third-order valence-corrected chi connectivity index (χ3v) is 6.66. The van der Waals surface area contributed by atoms with Gasteiger partial charge in [-0.15, -0.1) is 0 Å². The van der Waals surface area contributed by atoms with Crippen LogP contribution in [0.1, 0.15) is 12.0 Å². The lowest BCUT2D eigenvalue weighted by atomic mass is 10.2. The molecule has 3 rings (SSSR count). The summed E-state index contributed by atoms with van der Waals surface area (Å²) in [5.41, 5.74) is 0.0832. The van der Waals surface area contributed by atoms with E-state index < -0.39 is 16.1 Å². The van der Waals surface area contributed by atoms with E-state index in [1.165, 1.54) is 16.4 Å². The number of amides is 2. The first kappa shape index (κ1) is 16.0. The van der Waals surface area contributed by atoms with E-state index in [0.717, 1.165) is 16.7 Å². The van der Waals surface area contributed by atoms with Gasteiger partial charge in [0.25, 0.3) is 5.24 Å². The molecule has 9 heteroatoms. The number of nitrogens with zero attached hydrogens (tertiary/aromatic N) is 3. The topological polar surface area (TPSA) is 98.5 Å². The molecule has 1 atom stereocenters. The molecule has 120 valence electrons. The summed E-state index contributed by atoms with van der Waals surface area (Å²) < 4.78 is 26.7. The number of imide groups is 1. The second-order valence-electron chi connectivity index (χ2n) is 5.23. The van der Waals surface area contributed by atoms with Crippen LogP contribution in [0, 0.1) is 11.3 Å². The molecule has 2 aliphatic rings. The zero-order valence-electron chi connectivity index (χ0n) is 12.0. The van der Waals surface area contributed by atoms with Crippen molar-refractivity contribution >= 4 is 32.9 Å². The summed E-state index contributed by atoms with van der Waals surface area (Å²) in [6.45, 7) is 0.286. The Labute approximate surface area is 137 Å². The predicted octanol–water partition coefficient (Wildman–Crippen LogP) is 1.02. The fourth-order valence-corrected chi connectivity index (χ4v) is 5.19. The molecule has 2 saturated heterocycles. The number of benzene rings is 1. The van der Waals surface area contributed by atoms with Crippen LogP contribution in [-0.2, 0) is 14.8 Å². The van der Waals surface area contributed by atoms with E-state index in [1.54, 1.807) is 12.1 Å². The van der Waals surface area contributed by atoms with Crippen LogP contribution in [-0.4, -0.2) is 53.7 Å². The summed E-state index contributed by atoms with van der Waals surface area (Å²) in [6.07, 6.45) is 0.409. The molecule has 1 aromatic carbocycles. The lowest BCUT2D eigenvalue weighted by Crippen LogP contribution is -2.41. The Morgan fingerprint density at radius 1 is 1.26 bits per heavy atom. The molecule has 1 aromatic rings. The predicted molar refractivity (Wildman–Crippen MR) is 83.0 cm³/mol. The third kappa shape index (κ3) is 2.73. The quantitative estimate of drug-likeness (QED) is 0.806. The molecule has 0 aliphatic carbocycles. The van der Waals surface area contributed by atoms with Gasteiger partial charge in [0.05, 0.1) is 22.3 Å². The van der Waals surface area contributed by atoms with Crippen LogP contribution < -0.4 is 0 Å². The molecule has 1 unspecified atom stereocenters. The van der Waals surface area contributed by atoms with Crippen molar-refractivity contribution in [2.75, 3.05) is 18.8 Å². The molecule has 2 heterocycles. The van der Waals surface area contributed by atoms with Gasteiger partial charge in [0.2, 0.25) is 15.9 Å². The molecular weight excluding hydrogens is 338 g/mol. The summed E-state index contributed by atoms with van der Waals surface area (Å²) >= 11 is 0.938. The van der Waals surface area contributed by atoms with Gasteiger partial charge in [-0.25, -0.2) is 8.42 Å². The van der Waals surface area contributed by atoms with Gasteiger partial charge in [0, 0.05) is 13.1 Å². The number of rotatable bonds is 3.